The lowest BCUT2D eigenvalue weighted by Crippen LogP contribution is -2.40. The zero-order valence-corrected chi connectivity index (χ0v) is 19.6. The Morgan fingerprint density at radius 3 is 2.21 bits per heavy atom. The van der Waals surface area contributed by atoms with Gasteiger partial charge in [0.2, 0.25) is 10.0 Å². The second-order valence-corrected chi connectivity index (χ2v) is 10.5. The van der Waals surface area contributed by atoms with Gasteiger partial charge >= 0.3 is 0 Å². The van der Waals surface area contributed by atoms with Crippen LogP contribution in [0.4, 0.5) is 0 Å². The van der Waals surface area contributed by atoms with Crippen molar-refractivity contribution in [3.8, 4) is 11.1 Å². The van der Waals surface area contributed by atoms with Gasteiger partial charge in [0.05, 0.1) is 30.3 Å². The summed E-state index contributed by atoms with van der Waals surface area (Å²) in [6.45, 7) is 2.94. The van der Waals surface area contributed by atoms with Crippen molar-refractivity contribution in [2.75, 3.05) is 39.4 Å². The van der Waals surface area contributed by atoms with Crippen molar-refractivity contribution in [2.45, 2.75) is 23.8 Å². The Bertz CT molecular complexity index is 1230. The molecule has 178 valence electrons. The van der Waals surface area contributed by atoms with Gasteiger partial charge < -0.3 is 9.64 Å². The average Bonchev–Trinajstić information content (AvgIpc) is 3.40. The monoisotopic (exact) mass is 481 g/mol. The van der Waals surface area contributed by atoms with E-state index in [9.17, 15) is 13.2 Å². The zero-order valence-electron chi connectivity index (χ0n) is 18.8. The van der Waals surface area contributed by atoms with Crippen LogP contribution in [0, 0.1) is 0 Å². The Kier molecular flexibility index (Phi) is 6.44. The molecule has 3 heterocycles. The first kappa shape index (κ1) is 22.7. The van der Waals surface area contributed by atoms with Gasteiger partial charge in [-0.25, -0.2) is 13.1 Å². The number of carbonyl (C=O) groups excluding carboxylic acids is 1. The fourth-order valence-corrected chi connectivity index (χ4v) is 5.90. The smallest absolute Gasteiger partial charge is 0.276 e. The molecule has 1 amide bonds. The lowest BCUT2D eigenvalue weighted by molar-refractivity contribution is 0.0299. The topological polar surface area (TPSA) is 97.6 Å². The molecule has 9 nitrogen and oxygen atoms in total. The molecule has 2 fully saturated rings. The molecule has 0 saturated carbocycles. The first-order chi connectivity index (χ1) is 16.5. The van der Waals surface area contributed by atoms with Crippen molar-refractivity contribution in [3.63, 3.8) is 0 Å². The van der Waals surface area contributed by atoms with Crippen molar-refractivity contribution in [2.24, 2.45) is 0 Å². The third-order valence-corrected chi connectivity index (χ3v) is 8.34. The number of benzene rings is 2. The summed E-state index contributed by atoms with van der Waals surface area (Å²) in [5.41, 5.74) is 2.34. The maximum absolute atomic E-state index is 13.2. The molecule has 5 rings (SSSR count). The van der Waals surface area contributed by atoms with Crippen LogP contribution >= 0.6 is 0 Å². The highest BCUT2D eigenvalue weighted by molar-refractivity contribution is 7.89. The molecular formula is C24H27N5O4S. The van der Waals surface area contributed by atoms with E-state index < -0.39 is 10.0 Å². The lowest BCUT2D eigenvalue weighted by atomic mass is 10.1. The summed E-state index contributed by atoms with van der Waals surface area (Å²) in [5.74, 6) is -0.145. The molecule has 2 saturated heterocycles. The summed E-state index contributed by atoms with van der Waals surface area (Å²) >= 11 is 0. The number of aromatic nitrogens is 3. The summed E-state index contributed by atoms with van der Waals surface area (Å²) in [6.07, 6.45) is 2.89. The Morgan fingerprint density at radius 1 is 0.882 bits per heavy atom. The summed E-state index contributed by atoms with van der Waals surface area (Å²) in [7, 11) is -3.57. The molecular weight excluding hydrogens is 454 g/mol. The molecule has 10 heteroatoms. The average molecular weight is 482 g/mol. The van der Waals surface area contributed by atoms with Gasteiger partial charge in [0.25, 0.3) is 5.91 Å². The van der Waals surface area contributed by atoms with E-state index >= 15 is 0 Å². The predicted molar refractivity (Wildman–Crippen MR) is 126 cm³/mol. The number of nitrogens with zero attached hydrogens (tertiary/aromatic N) is 5. The third kappa shape index (κ3) is 4.61. The van der Waals surface area contributed by atoms with Gasteiger partial charge in [-0.1, -0.05) is 47.7 Å². The van der Waals surface area contributed by atoms with Crippen LogP contribution < -0.4 is 0 Å². The summed E-state index contributed by atoms with van der Waals surface area (Å²) in [6, 6.07) is 16.9. The van der Waals surface area contributed by atoms with Crippen molar-refractivity contribution in [1.82, 2.24) is 24.2 Å². The molecule has 2 aliphatic rings. The van der Waals surface area contributed by atoms with Crippen LogP contribution in [0.3, 0.4) is 0 Å². The molecule has 3 aromatic rings. The molecule has 0 aliphatic carbocycles. The van der Waals surface area contributed by atoms with Crippen LogP contribution in [0.1, 0.15) is 29.4 Å². The van der Waals surface area contributed by atoms with E-state index in [1.165, 1.54) is 4.31 Å². The van der Waals surface area contributed by atoms with Gasteiger partial charge in [-0.15, -0.1) is 5.10 Å². The van der Waals surface area contributed by atoms with Crippen LogP contribution in [0.2, 0.25) is 0 Å². The summed E-state index contributed by atoms with van der Waals surface area (Å²) in [4.78, 5) is 14.6. The largest absolute Gasteiger partial charge is 0.378 e. The normalized spacial score (nSPS) is 18.2. The van der Waals surface area contributed by atoms with Gasteiger partial charge in [0, 0.05) is 26.2 Å². The fraction of sp³-hybridized carbons (Fsp3) is 0.375. The second kappa shape index (κ2) is 9.65. The number of ether oxygens (including phenoxy) is 1. The number of sulfonamides is 1. The van der Waals surface area contributed by atoms with Crippen LogP contribution in [0.25, 0.3) is 11.1 Å². The molecule has 0 atom stereocenters. The fourth-order valence-electron chi connectivity index (χ4n) is 4.43. The van der Waals surface area contributed by atoms with Crippen LogP contribution in [0.15, 0.2) is 65.7 Å². The minimum atomic E-state index is -3.57. The van der Waals surface area contributed by atoms with E-state index in [4.69, 9.17) is 4.74 Å². The predicted octanol–water partition coefficient (Wildman–Crippen LogP) is 2.44. The van der Waals surface area contributed by atoms with Gasteiger partial charge in [0.15, 0.2) is 5.69 Å². The molecule has 0 N–H and O–H groups in total. The van der Waals surface area contributed by atoms with Crippen molar-refractivity contribution in [1.29, 1.82) is 0 Å². The van der Waals surface area contributed by atoms with Crippen LogP contribution in [0.5, 0.6) is 0 Å². The Hall–Kier alpha value is -3.08. The molecule has 0 spiro atoms. The Balaban J connectivity index is 1.22. The summed E-state index contributed by atoms with van der Waals surface area (Å²) < 4.78 is 34.9. The molecule has 0 radical (unpaired) electrons. The number of amides is 1. The molecule has 2 aromatic carbocycles. The SMILES string of the molecule is O=C(c1cn(C2CCN(S(=O)(=O)c3ccc(-c4ccccc4)cc3)CC2)nn1)N1CCOCC1. The zero-order chi connectivity index (χ0) is 23.5. The minimum absolute atomic E-state index is 0.00523. The molecule has 1 aromatic heterocycles. The number of rotatable bonds is 5. The van der Waals surface area contributed by atoms with Crippen LogP contribution in [-0.4, -0.2) is 77.9 Å². The molecule has 0 bridgehead atoms. The Labute approximate surface area is 199 Å². The van der Waals surface area contributed by atoms with Gasteiger partial charge in [-0.3, -0.25) is 4.79 Å². The van der Waals surface area contributed by atoms with Gasteiger partial charge in [0.1, 0.15) is 0 Å². The van der Waals surface area contributed by atoms with E-state index in [-0.39, 0.29) is 11.9 Å². The number of morpholine rings is 1. The highest BCUT2D eigenvalue weighted by Gasteiger charge is 2.31. The maximum atomic E-state index is 13.2. The van der Waals surface area contributed by atoms with Crippen LogP contribution in [-0.2, 0) is 14.8 Å². The van der Waals surface area contributed by atoms with E-state index in [1.807, 2.05) is 42.5 Å². The number of hydrogen-bond acceptors (Lipinski definition) is 6. The number of carbonyl (C=O) groups is 1. The van der Waals surface area contributed by atoms with E-state index in [0.29, 0.717) is 62.8 Å². The minimum Gasteiger partial charge on any atom is -0.378 e. The van der Waals surface area contributed by atoms with Gasteiger partial charge in [-0.05, 0) is 36.1 Å². The Morgan fingerprint density at radius 2 is 1.53 bits per heavy atom. The van der Waals surface area contributed by atoms with Crippen molar-refractivity contribution in [3.05, 3.63) is 66.5 Å². The highest BCUT2D eigenvalue weighted by atomic mass is 32.2. The lowest BCUT2D eigenvalue weighted by Gasteiger charge is -2.31. The first-order valence-corrected chi connectivity index (χ1v) is 12.9. The number of hydrogen-bond donors (Lipinski definition) is 0. The highest BCUT2D eigenvalue weighted by Crippen LogP contribution is 2.28. The number of piperidine rings is 1. The van der Waals surface area contributed by atoms with Gasteiger partial charge in [-0.2, -0.15) is 4.31 Å². The molecule has 2 aliphatic heterocycles. The van der Waals surface area contributed by atoms with Crippen molar-refractivity contribution < 1.29 is 17.9 Å². The van der Waals surface area contributed by atoms with E-state index in [2.05, 4.69) is 10.3 Å². The van der Waals surface area contributed by atoms with E-state index in [1.54, 1.807) is 27.9 Å². The molecule has 34 heavy (non-hydrogen) atoms. The second-order valence-electron chi connectivity index (χ2n) is 8.51. The third-order valence-electron chi connectivity index (χ3n) is 6.42. The van der Waals surface area contributed by atoms with Crippen molar-refractivity contribution >= 4 is 15.9 Å². The molecule has 0 unspecified atom stereocenters. The summed E-state index contributed by atoms with van der Waals surface area (Å²) in [5, 5.41) is 8.22. The first-order valence-electron chi connectivity index (χ1n) is 11.5. The quantitative estimate of drug-likeness (QED) is 0.555. The standard InChI is InChI=1S/C24H27N5O4S/c30-24(27-14-16-33-17-15-27)23-18-29(26-25-23)21-10-12-28(13-11-21)34(31,32)22-8-6-20(7-9-22)19-4-2-1-3-5-19/h1-9,18,21H,10-17H2. The maximum Gasteiger partial charge on any atom is 0.276 e. The van der Waals surface area contributed by atoms with E-state index in [0.717, 1.165) is 11.1 Å².